The summed E-state index contributed by atoms with van der Waals surface area (Å²) in [6.45, 7) is 0. The summed E-state index contributed by atoms with van der Waals surface area (Å²) in [5.41, 5.74) is 6.17. The Morgan fingerprint density at radius 1 is 0.595 bits per heavy atom. The van der Waals surface area contributed by atoms with Crippen LogP contribution in [0.4, 0.5) is 11.4 Å². The average Bonchev–Trinajstić information content (AvgIpc) is 2.94. The molecule has 0 spiro atoms. The van der Waals surface area contributed by atoms with E-state index in [1.807, 2.05) is 66.7 Å². The average molecular weight is 808 g/mol. The molecule has 0 unspecified atom stereocenters. The van der Waals surface area contributed by atoms with Crippen molar-refractivity contribution in [1.29, 1.82) is 0 Å². The molecule has 0 aliphatic rings. The van der Waals surface area contributed by atoms with Crippen molar-refractivity contribution >= 4 is 111 Å². The summed E-state index contributed by atoms with van der Waals surface area (Å²) in [6.07, 6.45) is 0. The van der Waals surface area contributed by atoms with Gasteiger partial charge in [-0.1, -0.05) is 89.4 Å². The Balaban J connectivity index is -0.000000208. The number of rotatable bonds is 1. The Labute approximate surface area is 291 Å². The molecule has 0 aliphatic carbocycles. The molecule has 0 atom stereocenters. The molecule has 3 N–H and O–H groups in total. The minimum atomic E-state index is -1.50. The first-order chi connectivity index (χ1) is 19.3. The van der Waals surface area contributed by atoms with Crippen LogP contribution < -0.4 is 5.73 Å². The van der Waals surface area contributed by atoms with Crippen LogP contribution in [0.2, 0.25) is 15.1 Å². The monoisotopic (exact) mass is 804 g/mol. The zero-order valence-corrected chi connectivity index (χ0v) is 28.8. The molecule has 0 aromatic heterocycles. The van der Waals surface area contributed by atoms with Gasteiger partial charge >= 0.3 is 41.5 Å². The van der Waals surface area contributed by atoms with E-state index in [4.69, 9.17) is 86.2 Å². The second kappa shape index (κ2) is 33.9. The SMILES string of the molecule is Cl.ClCl.Clc1ccccc1.Nc1ccc(Cl)cc1.O=[N+]([O-])O.O=[N+]([O-])c1ccc(Cl)cc1.[Cl][Fe]([Cl])[Cl].c1ccccc1. The van der Waals surface area contributed by atoms with Gasteiger partial charge in [0, 0.05) is 54.6 Å². The van der Waals surface area contributed by atoms with Gasteiger partial charge in [0.05, 0.1) is 4.92 Å². The molecule has 8 nitrogen and oxygen atoms in total. The maximum absolute atomic E-state index is 10.1. The Kier molecular flexibility index (Phi) is 38.2. The Morgan fingerprint density at radius 3 is 1.05 bits per heavy atom. The molecule has 4 rings (SSSR count). The van der Waals surface area contributed by atoms with Crippen LogP contribution in [0.15, 0.2) is 115 Å². The molecule has 0 bridgehead atoms. The van der Waals surface area contributed by atoms with Crippen LogP contribution in [-0.4, -0.2) is 15.2 Å². The van der Waals surface area contributed by atoms with E-state index in [1.165, 1.54) is 24.3 Å². The predicted octanol–water partition coefficient (Wildman–Crippen LogP) is 11.7. The first kappa shape index (κ1) is 47.3. The molecule has 0 aliphatic heterocycles. The zero-order chi connectivity index (χ0) is 32.1. The molecule has 0 heterocycles. The fourth-order valence-corrected chi connectivity index (χ4v) is 2.22. The van der Waals surface area contributed by atoms with Gasteiger partial charge in [0.15, 0.2) is 0 Å². The summed E-state index contributed by atoms with van der Waals surface area (Å²) < 4.78 is 0. The number of halogens is 9. The molecule has 18 heteroatoms. The summed E-state index contributed by atoms with van der Waals surface area (Å²) in [6, 6.07) is 34.2. The van der Waals surface area contributed by atoms with Gasteiger partial charge in [-0.05, 0) is 48.5 Å². The quantitative estimate of drug-likeness (QED) is 0.0851. The summed E-state index contributed by atoms with van der Waals surface area (Å²) in [4.78, 5) is 18.0. The molecule has 0 saturated heterocycles. The van der Waals surface area contributed by atoms with Crippen LogP contribution in [0.25, 0.3) is 0 Å². The molecule has 0 amide bonds. The van der Waals surface area contributed by atoms with Crippen molar-refractivity contribution in [2.24, 2.45) is 0 Å². The molecule has 42 heavy (non-hydrogen) atoms. The van der Waals surface area contributed by atoms with E-state index in [2.05, 4.69) is 21.7 Å². The predicted molar refractivity (Wildman–Crippen MR) is 177 cm³/mol. The van der Waals surface area contributed by atoms with Crippen LogP contribution in [-0.2, 0) is 11.2 Å². The zero-order valence-electron chi connectivity index (χ0n) is 20.8. The second-order valence-electron chi connectivity index (χ2n) is 6.12. The van der Waals surface area contributed by atoms with Crippen LogP contribution in [0.3, 0.4) is 0 Å². The van der Waals surface area contributed by atoms with Crippen LogP contribution in [0, 0.1) is 20.2 Å². The molecular weight excluding hydrogens is 785 g/mol. The summed E-state index contributed by atoms with van der Waals surface area (Å²) >= 11 is 15.3. The van der Waals surface area contributed by atoms with E-state index < -0.39 is 21.2 Å². The van der Waals surface area contributed by atoms with Crippen molar-refractivity contribution in [3.63, 3.8) is 0 Å². The van der Waals surface area contributed by atoms with Crippen molar-refractivity contribution < 1.29 is 26.4 Å². The minimum absolute atomic E-state index is 0. The molecule has 0 radical (unpaired) electrons. The maximum Gasteiger partial charge on any atom is -0.0623 e. The summed E-state index contributed by atoms with van der Waals surface area (Å²) in [5.74, 6) is 0. The Bertz CT molecular complexity index is 1100. The van der Waals surface area contributed by atoms with Crippen LogP contribution in [0.1, 0.15) is 0 Å². The van der Waals surface area contributed by atoms with Crippen LogP contribution >= 0.6 is 99.2 Å². The Hall–Kier alpha value is -1.59. The van der Waals surface area contributed by atoms with E-state index in [9.17, 15) is 10.1 Å². The third-order valence-electron chi connectivity index (χ3n) is 3.31. The van der Waals surface area contributed by atoms with Crippen molar-refractivity contribution in [3.8, 4) is 0 Å². The van der Waals surface area contributed by atoms with Gasteiger partial charge in [-0.2, -0.15) is 0 Å². The van der Waals surface area contributed by atoms with Crippen molar-refractivity contribution in [2.45, 2.75) is 0 Å². The van der Waals surface area contributed by atoms with Gasteiger partial charge in [0.2, 0.25) is 0 Å². The number of benzene rings is 4. The van der Waals surface area contributed by atoms with Crippen molar-refractivity contribution in [2.75, 3.05) is 5.73 Å². The summed E-state index contributed by atoms with van der Waals surface area (Å²) in [7, 11) is 22.9. The number of nitro groups is 1. The van der Waals surface area contributed by atoms with E-state index >= 15 is 0 Å². The molecule has 235 valence electrons. The number of non-ortho nitro benzene ring substituents is 1. The number of anilines is 1. The number of nitrogens with zero attached hydrogens (tertiary/aromatic N) is 2. The Morgan fingerprint density at radius 2 is 0.833 bits per heavy atom. The molecule has 0 saturated carbocycles. The number of nitro benzene ring substituents is 1. The van der Waals surface area contributed by atoms with Crippen LogP contribution in [0.5, 0.6) is 0 Å². The van der Waals surface area contributed by atoms with E-state index in [0.717, 1.165) is 15.7 Å². The number of hydrogen-bond acceptors (Lipinski definition) is 5. The van der Waals surface area contributed by atoms with E-state index in [0.29, 0.717) is 5.02 Å². The number of hydrogen-bond donors (Lipinski definition) is 2. The van der Waals surface area contributed by atoms with Gasteiger partial charge in [-0.15, -0.1) is 22.5 Å². The largest absolute Gasteiger partial charge is 0.0623 e. The molecular formula is C24H23Cl9FeN3O5. The molecule has 4 aromatic rings. The smallest absolute Gasteiger partial charge is 0.0623 e. The standard InChI is InChI=1S/C6H4ClNO2.C6H6ClN.C6H5Cl.C6H6.Cl2.4ClH.Fe.HNO3/c7-5-1-3-6(4-2-5)8(9)10;7-5-1-3-6(8)4-2-5;7-6-4-2-1-3-5-6;1-2-4-6-5-3-1;1-2;;;;;;2-1(3)4/h1-4H;1-4H,8H2;1-5H;1-6H;;4*1H;;(H,2,3,4)/q;;;;;;;;;+3;/p-3. The summed E-state index contributed by atoms with van der Waals surface area (Å²) in [5, 5.41) is 25.7. The third-order valence-corrected chi connectivity index (χ3v) is 4.06. The normalized spacial score (nSPS) is 8.33. The molecule has 0 fully saturated rings. The van der Waals surface area contributed by atoms with Crippen molar-refractivity contribution in [1.82, 2.24) is 0 Å². The van der Waals surface area contributed by atoms with Crippen molar-refractivity contribution in [3.05, 3.63) is 151 Å². The number of nitrogen functional groups attached to an aromatic ring is 1. The fraction of sp³-hybridized carbons (Fsp3) is 0. The second-order valence-corrected chi connectivity index (χ2v) is 12.9. The van der Waals surface area contributed by atoms with Gasteiger partial charge in [-0.3, -0.25) is 10.1 Å². The van der Waals surface area contributed by atoms with Gasteiger partial charge in [-0.25, -0.2) is 0 Å². The van der Waals surface area contributed by atoms with E-state index in [-0.39, 0.29) is 18.1 Å². The van der Waals surface area contributed by atoms with Gasteiger partial charge in [0.25, 0.3) is 10.8 Å². The minimum Gasteiger partial charge on any atom is -0.0623 e. The first-order valence-corrected chi connectivity index (χ1v) is 16.9. The molecule has 4 aromatic carbocycles. The van der Waals surface area contributed by atoms with E-state index in [1.54, 1.807) is 24.3 Å². The van der Waals surface area contributed by atoms with Gasteiger partial charge < -0.3 is 10.9 Å². The van der Waals surface area contributed by atoms with Gasteiger partial charge in [0.1, 0.15) is 0 Å². The maximum atomic E-state index is 10.1. The topological polar surface area (TPSA) is 133 Å². The fourth-order valence-electron chi connectivity index (χ4n) is 1.83. The third kappa shape index (κ3) is 40.5. The number of nitrogens with two attached hydrogens (primary N) is 1. The first-order valence-electron chi connectivity index (χ1n) is 10.1.